The first kappa shape index (κ1) is 7.94. The van der Waals surface area contributed by atoms with Crippen molar-refractivity contribution in [1.82, 2.24) is 0 Å². The molecule has 4 nitrogen and oxygen atoms in total. The van der Waals surface area contributed by atoms with E-state index in [1.807, 2.05) is 0 Å². The second-order valence-electron chi connectivity index (χ2n) is 2.59. The standard InChI is InChI=1S/C6H12O4/c1-3-6(9)4(7)2-5(8)10-3/h3-9H,2H2,1H3/t3?,4?,5-,6-/m1/s1. The lowest BCUT2D eigenvalue weighted by molar-refractivity contribution is -0.226. The van der Waals surface area contributed by atoms with Crippen LogP contribution < -0.4 is 0 Å². The van der Waals surface area contributed by atoms with Crippen molar-refractivity contribution in [3.05, 3.63) is 0 Å². The van der Waals surface area contributed by atoms with Crippen LogP contribution in [0.2, 0.25) is 0 Å². The Labute approximate surface area is 59.1 Å². The highest BCUT2D eigenvalue weighted by Gasteiger charge is 2.32. The molecule has 0 radical (unpaired) electrons. The van der Waals surface area contributed by atoms with E-state index in [1.165, 1.54) is 0 Å². The molecule has 1 heterocycles. The third-order valence-electron chi connectivity index (χ3n) is 1.69. The summed E-state index contributed by atoms with van der Waals surface area (Å²) < 4.78 is 4.81. The highest BCUT2D eigenvalue weighted by Crippen LogP contribution is 2.17. The minimum Gasteiger partial charge on any atom is -0.390 e. The van der Waals surface area contributed by atoms with Gasteiger partial charge in [-0.15, -0.1) is 0 Å². The molecule has 3 N–H and O–H groups in total. The van der Waals surface area contributed by atoms with Gasteiger partial charge in [0.2, 0.25) is 0 Å². The summed E-state index contributed by atoms with van der Waals surface area (Å²) in [5.41, 5.74) is 0. The van der Waals surface area contributed by atoms with E-state index in [2.05, 4.69) is 0 Å². The van der Waals surface area contributed by atoms with Crippen molar-refractivity contribution in [3.63, 3.8) is 0 Å². The Hall–Kier alpha value is -0.160. The molecule has 4 heteroatoms. The largest absolute Gasteiger partial charge is 0.390 e. The molecule has 0 aromatic carbocycles. The maximum atomic E-state index is 9.08. The van der Waals surface area contributed by atoms with E-state index in [0.29, 0.717) is 0 Å². The number of aliphatic hydroxyl groups excluding tert-OH is 3. The second-order valence-corrected chi connectivity index (χ2v) is 2.59. The van der Waals surface area contributed by atoms with Crippen molar-refractivity contribution in [2.45, 2.75) is 37.9 Å². The minimum atomic E-state index is -0.937. The average Bonchev–Trinajstić information content (AvgIpc) is 1.82. The van der Waals surface area contributed by atoms with Gasteiger partial charge in [0.05, 0.1) is 12.2 Å². The maximum Gasteiger partial charge on any atom is 0.157 e. The first-order chi connectivity index (χ1) is 4.61. The van der Waals surface area contributed by atoms with Crippen molar-refractivity contribution < 1.29 is 20.1 Å². The summed E-state index contributed by atoms with van der Waals surface area (Å²) in [5.74, 6) is 0. The van der Waals surface area contributed by atoms with Crippen LogP contribution in [-0.2, 0) is 4.74 Å². The van der Waals surface area contributed by atoms with E-state index >= 15 is 0 Å². The van der Waals surface area contributed by atoms with Crippen LogP contribution in [-0.4, -0.2) is 39.9 Å². The monoisotopic (exact) mass is 148 g/mol. The SMILES string of the molecule is CC1O[C@@H](O)CC(O)[C@@H]1O. The topological polar surface area (TPSA) is 69.9 Å². The Balaban J connectivity index is 2.49. The molecule has 60 valence electrons. The van der Waals surface area contributed by atoms with Gasteiger partial charge < -0.3 is 20.1 Å². The fourth-order valence-corrected chi connectivity index (χ4v) is 1.04. The molecule has 1 saturated heterocycles. The molecule has 0 spiro atoms. The number of rotatable bonds is 0. The molecule has 1 aliphatic rings. The Morgan fingerprint density at radius 3 is 2.40 bits per heavy atom. The van der Waals surface area contributed by atoms with E-state index in [0.717, 1.165) is 0 Å². The van der Waals surface area contributed by atoms with Crippen LogP contribution in [0.1, 0.15) is 13.3 Å². The van der Waals surface area contributed by atoms with Gasteiger partial charge in [-0.25, -0.2) is 0 Å². The normalized spacial score (nSPS) is 49.2. The second kappa shape index (κ2) is 2.84. The van der Waals surface area contributed by atoms with Crippen LogP contribution in [0.5, 0.6) is 0 Å². The fourth-order valence-electron chi connectivity index (χ4n) is 1.04. The number of aliphatic hydroxyl groups is 3. The van der Waals surface area contributed by atoms with E-state index in [4.69, 9.17) is 20.1 Å². The molecule has 0 aromatic rings. The molecule has 4 atom stereocenters. The van der Waals surface area contributed by atoms with Crippen molar-refractivity contribution in [1.29, 1.82) is 0 Å². The van der Waals surface area contributed by atoms with Gasteiger partial charge in [-0.1, -0.05) is 0 Å². The van der Waals surface area contributed by atoms with Gasteiger partial charge in [-0.2, -0.15) is 0 Å². The Morgan fingerprint density at radius 2 is 1.90 bits per heavy atom. The minimum absolute atomic E-state index is 0.0888. The maximum absolute atomic E-state index is 9.08. The molecular weight excluding hydrogens is 136 g/mol. The molecule has 2 unspecified atom stereocenters. The molecule has 0 amide bonds. The number of hydrogen-bond acceptors (Lipinski definition) is 4. The van der Waals surface area contributed by atoms with Crippen molar-refractivity contribution in [2.75, 3.05) is 0 Å². The van der Waals surface area contributed by atoms with E-state index in [9.17, 15) is 0 Å². The Kier molecular flexibility index (Phi) is 2.25. The van der Waals surface area contributed by atoms with Crippen LogP contribution in [0.4, 0.5) is 0 Å². The smallest absolute Gasteiger partial charge is 0.157 e. The van der Waals surface area contributed by atoms with Gasteiger partial charge >= 0.3 is 0 Å². The predicted molar refractivity (Wildman–Crippen MR) is 33.2 cm³/mol. The van der Waals surface area contributed by atoms with Crippen molar-refractivity contribution >= 4 is 0 Å². The summed E-state index contributed by atoms with van der Waals surface area (Å²) in [4.78, 5) is 0. The fraction of sp³-hybridized carbons (Fsp3) is 1.00. The van der Waals surface area contributed by atoms with Gasteiger partial charge in [0.1, 0.15) is 6.10 Å². The molecule has 0 aromatic heterocycles. The Bertz CT molecular complexity index is 104. The van der Waals surface area contributed by atoms with Gasteiger partial charge in [-0.3, -0.25) is 0 Å². The third kappa shape index (κ3) is 1.46. The number of hydrogen-bond donors (Lipinski definition) is 3. The first-order valence-electron chi connectivity index (χ1n) is 3.31. The van der Waals surface area contributed by atoms with Crippen molar-refractivity contribution in [2.24, 2.45) is 0 Å². The van der Waals surface area contributed by atoms with Crippen LogP contribution in [0.25, 0.3) is 0 Å². The van der Waals surface area contributed by atoms with E-state index < -0.39 is 24.6 Å². The molecule has 0 bridgehead atoms. The third-order valence-corrected chi connectivity index (χ3v) is 1.69. The average molecular weight is 148 g/mol. The zero-order valence-corrected chi connectivity index (χ0v) is 5.77. The van der Waals surface area contributed by atoms with Crippen LogP contribution in [0.15, 0.2) is 0 Å². The van der Waals surface area contributed by atoms with Gasteiger partial charge in [0.25, 0.3) is 0 Å². The Morgan fingerprint density at radius 1 is 1.30 bits per heavy atom. The number of ether oxygens (including phenoxy) is 1. The lowest BCUT2D eigenvalue weighted by atomic mass is 10.0. The molecular formula is C6H12O4. The van der Waals surface area contributed by atoms with Crippen LogP contribution >= 0.6 is 0 Å². The van der Waals surface area contributed by atoms with Crippen LogP contribution in [0, 0.1) is 0 Å². The molecule has 1 fully saturated rings. The van der Waals surface area contributed by atoms with Crippen LogP contribution in [0.3, 0.4) is 0 Å². The van der Waals surface area contributed by atoms with Gasteiger partial charge in [-0.05, 0) is 6.92 Å². The molecule has 1 rings (SSSR count). The molecule has 0 aliphatic carbocycles. The summed E-state index contributed by atoms with van der Waals surface area (Å²) in [5, 5.41) is 27.0. The molecule has 0 saturated carbocycles. The summed E-state index contributed by atoms with van der Waals surface area (Å²) >= 11 is 0. The first-order valence-corrected chi connectivity index (χ1v) is 3.31. The summed E-state index contributed by atoms with van der Waals surface area (Å²) in [6, 6.07) is 0. The van der Waals surface area contributed by atoms with E-state index in [1.54, 1.807) is 6.92 Å². The zero-order chi connectivity index (χ0) is 7.72. The van der Waals surface area contributed by atoms with Gasteiger partial charge in [0.15, 0.2) is 6.29 Å². The highest BCUT2D eigenvalue weighted by molar-refractivity contribution is 4.78. The lowest BCUT2D eigenvalue weighted by Crippen LogP contribution is -2.46. The summed E-state index contributed by atoms with van der Waals surface area (Å²) in [6.45, 7) is 1.61. The van der Waals surface area contributed by atoms with Crippen molar-refractivity contribution in [3.8, 4) is 0 Å². The lowest BCUT2D eigenvalue weighted by Gasteiger charge is -2.32. The summed E-state index contributed by atoms with van der Waals surface area (Å²) in [6.07, 6.45) is -3.07. The van der Waals surface area contributed by atoms with E-state index in [-0.39, 0.29) is 6.42 Å². The zero-order valence-electron chi connectivity index (χ0n) is 5.77. The molecule has 10 heavy (non-hydrogen) atoms. The highest BCUT2D eigenvalue weighted by atomic mass is 16.6. The summed E-state index contributed by atoms with van der Waals surface area (Å²) in [7, 11) is 0. The van der Waals surface area contributed by atoms with Gasteiger partial charge in [0, 0.05) is 6.42 Å². The quantitative estimate of drug-likeness (QED) is 0.405. The predicted octanol–water partition coefficient (Wildman–Crippen LogP) is -1.16. The molecule has 1 aliphatic heterocycles.